The Hall–Kier alpha value is -2.75. The third-order valence-electron chi connectivity index (χ3n) is 2.80. The van der Waals surface area contributed by atoms with Gasteiger partial charge in [-0.05, 0) is 42.0 Å². The van der Waals surface area contributed by atoms with E-state index in [1.165, 1.54) is 0 Å². The lowest BCUT2D eigenvalue weighted by molar-refractivity contribution is -0.112. The van der Waals surface area contributed by atoms with E-state index in [9.17, 15) is 4.79 Å². The van der Waals surface area contributed by atoms with Crippen molar-refractivity contribution in [3.63, 3.8) is 0 Å². The molecule has 0 radical (unpaired) electrons. The molecule has 2 N–H and O–H groups in total. The summed E-state index contributed by atoms with van der Waals surface area (Å²) >= 11 is 0. The van der Waals surface area contributed by atoms with Gasteiger partial charge in [-0.25, -0.2) is 0 Å². The van der Waals surface area contributed by atoms with Crippen molar-refractivity contribution in [2.45, 2.75) is 0 Å². The van der Waals surface area contributed by atoms with Crippen molar-refractivity contribution >= 4 is 11.5 Å². The van der Waals surface area contributed by atoms with Gasteiger partial charge in [-0.3, -0.25) is 4.79 Å². The minimum absolute atomic E-state index is 0.279. The summed E-state index contributed by atoms with van der Waals surface area (Å²) in [5.41, 5.74) is 6.13. The first kappa shape index (κ1) is 13.7. The average Bonchev–Trinajstić information content (AvgIpc) is 2.48. The summed E-state index contributed by atoms with van der Waals surface area (Å²) in [7, 11) is 1.61. The Morgan fingerprint density at radius 3 is 1.85 bits per heavy atom. The molecule has 102 valence electrons. The van der Waals surface area contributed by atoms with Crippen molar-refractivity contribution in [2.24, 2.45) is 5.73 Å². The highest BCUT2D eigenvalue weighted by molar-refractivity contribution is 6.17. The molecular weight excluding hydrogens is 254 g/mol. The second kappa shape index (κ2) is 5.93. The number of carbonyl (C=O) groups is 1. The van der Waals surface area contributed by atoms with Crippen LogP contribution < -0.4 is 15.2 Å². The highest BCUT2D eigenvalue weighted by Gasteiger charge is 2.05. The Bertz CT molecular complexity index is 615. The number of amides is 1. The summed E-state index contributed by atoms with van der Waals surface area (Å²) in [6.45, 7) is 3.63. The van der Waals surface area contributed by atoms with Crippen LogP contribution >= 0.6 is 0 Å². The number of rotatable bonds is 5. The number of carbonyl (C=O) groups excluding carboxylic acids is 1. The zero-order chi connectivity index (χ0) is 14.5. The summed E-state index contributed by atoms with van der Waals surface area (Å²) in [5, 5.41) is 0. The molecule has 0 saturated carbocycles. The first-order valence-corrected chi connectivity index (χ1v) is 6.01. The van der Waals surface area contributed by atoms with E-state index in [-0.39, 0.29) is 5.57 Å². The number of benzene rings is 2. The molecule has 0 spiro atoms. The van der Waals surface area contributed by atoms with Gasteiger partial charge in [-0.15, -0.1) is 0 Å². The van der Waals surface area contributed by atoms with Crippen LogP contribution in [0.5, 0.6) is 17.2 Å². The van der Waals surface area contributed by atoms with Gasteiger partial charge in [0.1, 0.15) is 17.2 Å². The molecule has 1 amide bonds. The zero-order valence-electron chi connectivity index (χ0n) is 11.1. The Morgan fingerprint density at radius 1 is 0.950 bits per heavy atom. The van der Waals surface area contributed by atoms with Gasteiger partial charge >= 0.3 is 0 Å². The smallest absolute Gasteiger partial charge is 0.248 e. The summed E-state index contributed by atoms with van der Waals surface area (Å²) in [6.07, 6.45) is 0. The maximum absolute atomic E-state index is 11.0. The maximum atomic E-state index is 11.0. The first-order chi connectivity index (χ1) is 9.60. The molecule has 0 aliphatic heterocycles. The number of hydrogen-bond acceptors (Lipinski definition) is 3. The number of primary amides is 1. The molecular formula is C16H15NO3. The minimum atomic E-state index is -0.533. The molecule has 0 bridgehead atoms. The van der Waals surface area contributed by atoms with Crippen molar-refractivity contribution in [3.05, 3.63) is 60.7 Å². The van der Waals surface area contributed by atoms with Crippen LogP contribution in [0.3, 0.4) is 0 Å². The Kier molecular flexibility index (Phi) is 4.05. The van der Waals surface area contributed by atoms with E-state index in [1.807, 2.05) is 24.3 Å². The van der Waals surface area contributed by atoms with E-state index < -0.39 is 5.91 Å². The van der Waals surface area contributed by atoms with Crippen LogP contribution in [0.1, 0.15) is 5.56 Å². The normalized spacial score (nSPS) is 9.85. The molecule has 0 aliphatic rings. The quantitative estimate of drug-likeness (QED) is 0.849. The fourth-order valence-electron chi connectivity index (χ4n) is 1.65. The fourth-order valence-corrected chi connectivity index (χ4v) is 1.65. The van der Waals surface area contributed by atoms with Gasteiger partial charge < -0.3 is 15.2 Å². The van der Waals surface area contributed by atoms with Gasteiger partial charge in [0.2, 0.25) is 5.91 Å². The Balaban J connectivity index is 2.10. The molecule has 0 atom stereocenters. The van der Waals surface area contributed by atoms with Gasteiger partial charge in [0.15, 0.2) is 0 Å². The number of ether oxygens (including phenoxy) is 2. The van der Waals surface area contributed by atoms with Crippen LogP contribution in [0.25, 0.3) is 5.57 Å². The Morgan fingerprint density at radius 2 is 1.40 bits per heavy atom. The van der Waals surface area contributed by atoms with Crippen LogP contribution in [0, 0.1) is 0 Å². The van der Waals surface area contributed by atoms with E-state index in [0.29, 0.717) is 17.1 Å². The predicted molar refractivity (Wildman–Crippen MR) is 77.7 cm³/mol. The lowest BCUT2D eigenvalue weighted by Crippen LogP contribution is -2.11. The summed E-state index contributed by atoms with van der Waals surface area (Å²) < 4.78 is 10.7. The van der Waals surface area contributed by atoms with Crippen LogP contribution in [0.15, 0.2) is 55.1 Å². The summed E-state index contributed by atoms with van der Waals surface area (Å²) in [6, 6.07) is 14.3. The van der Waals surface area contributed by atoms with Crippen LogP contribution in [0.4, 0.5) is 0 Å². The SMILES string of the molecule is C=C(C(N)=O)c1ccc(Oc2ccc(OC)cc2)cc1. The van der Waals surface area contributed by atoms with Gasteiger partial charge in [-0.1, -0.05) is 18.7 Å². The summed E-state index contributed by atoms with van der Waals surface area (Å²) in [5.74, 6) is 1.60. The highest BCUT2D eigenvalue weighted by atomic mass is 16.5. The van der Waals surface area contributed by atoms with Gasteiger partial charge in [-0.2, -0.15) is 0 Å². The third-order valence-corrected chi connectivity index (χ3v) is 2.80. The number of nitrogens with two attached hydrogens (primary N) is 1. The third kappa shape index (κ3) is 3.17. The van der Waals surface area contributed by atoms with Crippen molar-refractivity contribution in [3.8, 4) is 17.2 Å². The molecule has 0 heterocycles. The van der Waals surface area contributed by atoms with E-state index in [2.05, 4.69) is 6.58 Å². The maximum Gasteiger partial charge on any atom is 0.248 e. The van der Waals surface area contributed by atoms with Crippen molar-refractivity contribution < 1.29 is 14.3 Å². The molecule has 0 aliphatic carbocycles. The number of hydrogen-bond donors (Lipinski definition) is 1. The second-order valence-corrected chi connectivity index (χ2v) is 4.14. The molecule has 0 aromatic heterocycles. The fraction of sp³-hybridized carbons (Fsp3) is 0.0625. The van der Waals surface area contributed by atoms with E-state index in [0.717, 1.165) is 5.75 Å². The topological polar surface area (TPSA) is 61.6 Å². The van der Waals surface area contributed by atoms with Crippen molar-refractivity contribution in [2.75, 3.05) is 7.11 Å². The van der Waals surface area contributed by atoms with Crippen LogP contribution in [-0.2, 0) is 4.79 Å². The Labute approximate surface area is 117 Å². The molecule has 0 saturated heterocycles. The van der Waals surface area contributed by atoms with Crippen LogP contribution in [-0.4, -0.2) is 13.0 Å². The van der Waals surface area contributed by atoms with E-state index in [4.69, 9.17) is 15.2 Å². The van der Waals surface area contributed by atoms with E-state index >= 15 is 0 Å². The van der Waals surface area contributed by atoms with E-state index in [1.54, 1.807) is 31.4 Å². The second-order valence-electron chi connectivity index (χ2n) is 4.14. The average molecular weight is 269 g/mol. The molecule has 4 heteroatoms. The highest BCUT2D eigenvalue weighted by Crippen LogP contribution is 2.25. The number of methoxy groups -OCH3 is 1. The zero-order valence-corrected chi connectivity index (χ0v) is 11.1. The van der Waals surface area contributed by atoms with Gasteiger partial charge in [0.05, 0.1) is 7.11 Å². The van der Waals surface area contributed by atoms with Crippen molar-refractivity contribution in [1.29, 1.82) is 0 Å². The molecule has 2 aromatic carbocycles. The monoisotopic (exact) mass is 269 g/mol. The molecule has 0 fully saturated rings. The molecule has 0 unspecified atom stereocenters. The predicted octanol–water partition coefficient (Wildman–Crippen LogP) is 2.99. The van der Waals surface area contributed by atoms with Crippen LogP contribution in [0.2, 0.25) is 0 Å². The molecule has 20 heavy (non-hydrogen) atoms. The van der Waals surface area contributed by atoms with Gasteiger partial charge in [0, 0.05) is 5.57 Å². The summed E-state index contributed by atoms with van der Waals surface area (Å²) in [4.78, 5) is 11.0. The molecule has 2 aromatic rings. The minimum Gasteiger partial charge on any atom is -0.497 e. The molecule has 2 rings (SSSR count). The molecule has 4 nitrogen and oxygen atoms in total. The van der Waals surface area contributed by atoms with Crippen molar-refractivity contribution in [1.82, 2.24) is 0 Å². The first-order valence-electron chi connectivity index (χ1n) is 6.01. The lowest BCUT2D eigenvalue weighted by atomic mass is 10.1. The largest absolute Gasteiger partial charge is 0.497 e. The lowest BCUT2D eigenvalue weighted by Gasteiger charge is -2.08. The van der Waals surface area contributed by atoms with Gasteiger partial charge in [0.25, 0.3) is 0 Å². The standard InChI is InChI=1S/C16H15NO3/c1-11(16(17)18)12-3-5-14(6-4-12)20-15-9-7-13(19-2)8-10-15/h3-10H,1H2,2H3,(H2,17,18).